The molecule has 1 aliphatic carbocycles. The molecule has 2 amide bonds. The molecule has 0 bridgehead atoms. The molecule has 0 saturated carbocycles. The molecule has 0 N–H and O–H groups in total. The molecule has 4 rings (SSSR count). The van der Waals surface area contributed by atoms with Crippen LogP contribution in [-0.4, -0.2) is 34.8 Å². The first-order chi connectivity index (χ1) is 11.6. The second kappa shape index (κ2) is 5.23. The summed E-state index contributed by atoms with van der Waals surface area (Å²) >= 11 is 0. The molecule has 1 aliphatic heterocycles. The number of carbonyl (C=O) groups is 4. The van der Waals surface area contributed by atoms with Gasteiger partial charge in [-0.15, -0.1) is 0 Å². The summed E-state index contributed by atoms with van der Waals surface area (Å²) in [5, 5.41) is 0. The van der Waals surface area contributed by atoms with Crippen molar-refractivity contribution in [1.29, 1.82) is 0 Å². The maximum Gasteiger partial charge on any atom is 0.261 e. The van der Waals surface area contributed by atoms with Gasteiger partial charge in [-0.1, -0.05) is 36.4 Å². The van der Waals surface area contributed by atoms with Gasteiger partial charge in [-0.25, -0.2) is 0 Å². The van der Waals surface area contributed by atoms with Crippen LogP contribution < -0.4 is 0 Å². The van der Waals surface area contributed by atoms with Crippen LogP contribution in [0.3, 0.4) is 0 Å². The molecule has 2 aromatic rings. The fraction of sp³-hybridized carbons (Fsp3) is 0.158. The number of nitrogens with zero attached hydrogens (tertiary/aromatic N) is 1. The van der Waals surface area contributed by atoms with Crippen molar-refractivity contribution in [1.82, 2.24) is 4.90 Å². The van der Waals surface area contributed by atoms with Crippen LogP contribution in [0.2, 0.25) is 0 Å². The van der Waals surface area contributed by atoms with E-state index in [1.165, 1.54) is 0 Å². The largest absolute Gasteiger partial charge is 0.293 e. The van der Waals surface area contributed by atoms with E-state index in [1.807, 2.05) is 0 Å². The molecule has 0 saturated heterocycles. The van der Waals surface area contributed by atoms with Crippen LogP contribution in [0.4, 0.5) is 0 Å². The van der Waals surface area contributed by atoms with Gasteiger partial charge in [0.1, 0.15) is 0 Å². The van der Waals surface area contributed by atoms with E-state index in [2.05, 4.69) is 0 Å². The third-order valence-corrected chi connectivity index (χ3v) is 4.61. The zero-order valence-corrected chi connectivity index (χ0v) is 12.7. The van der Waals surface area contributed by atoms with Gasteiger partial charge in [-0.2, -0.15) is 0 Å². The molecule has 0 fully saturated rings. The molecular weight excluding hydrogens is 306 g/mol. The van der Waals surface area contributed by atoms with Crippen molar-refractivity contribution in [3.63, 3.8) is 0 Å². The number of imide groups is 1. The molecule has 2 aliphatic rings. The van der Waals surface area contributed by atoms with Crippen molar-refractivity contribution in [2.24, 2.45) is 5.92 Å². The van der Waals surface area contributed by atoms with E-state index < -0.39 is 5.92 Å². The van der Waals surface area contributed by atoms with Crippen molar-refractivity contribution in [3.05, 3.63) is 70.8 Å². The van der Waals surface area contributed by atoms with Crippen molar-refractivity contribution < 1.29 is 19.2 Å². The van der Waals surface area contributed by atoms with E-state index in [-0.39, 0.29) is 36.3 Å². The topological polar surface area (TPSA) is 71.5 Å². The highest BCUT2D eigenvalue weighted by atomic mass is 16.2. The first kappa shape index (κ1) is 14.5. The maximum absolute atomic E-state index is 12.4. The quantitative estimate of drug-likeness (QED) is 0.643. The van der Waals surface area contributed by atoms with E-state index in [0.717, 1.165) is 4.90 Å². The molecule has 5 heteroatoms. The lowest BCUT2D eigenvalue weighted by molar-refractivity contribution is 0.0626. The minimum absolute atomic E-state index is 0.0580. The Bertz CT molecular complexity index is 770. The van der Waals surface area contributed by atoms with Gasteiger partial charge in [-0.3, -0.25) is 24.1 Å². The van der Waals surface area contributed by atoms with Gasteiger partial charge in [0.05, 0.1) is 17.0 Å². The van der Waals surface area contributed by atoms with Gasteiger partial charge < -0.3 is 0 Å². The number of hydrogen-bond donors (Lipinski definition) is 0. The number of fused-ring (bicyclic) bond motifs is 2. The second-order valence-electron chi connectivity index (χ2n) is 5.92. The maximum atomic E-state index is 12.4. The number of rotatable bonds is 3. The zero-order valence-electron chi connectivity index (χ0n) is 12.7. The van der Waals surface area contributed by atoms with Crippen molar-refractivity contribution in [2.75, 3.05) is 6.54 Å². The summed E-state index contributed by atoms with van der Waals surface area (Å²) < 4.78 is 0. The SMILES string of the molecule is O=C1c2ccccc2C(=O)C1CCN1C(=O)c2ccccc2C1=O. The van der Waals surface area contributed by atoms with Crippen LogP contribution in [0.1, 0.15) is 47.9 Å². The first-order valence-electron chi connectivity index (χ1n) is 7.72. The Hall–Kier alpha value is -3.08. The van der Waals surface area contributed by atoms with Crippen LogP contribution in [0, 0.1) is 5.92 Å². The molecule has 0 unspecified atom stereocenters. The van der Waals surface area contributed by atoms with Gasteiger partial charge in [0.2, 0.25) is 0 Å². The van der Waals surface area contributed by atoms with Crippen LogP contribution in [0.25, 0.3) is 0 Å². The number of Topliss-reactive ketones (excluding diaryl/α,β-unsaturated/α-hetero) is 2. The molecule has 1 heterocycles. The highest BCUT2D eigenvalue weighted by molar-refractivity contribution is 6.26. The summed E-state index contributed by atoms with van der Waals surface area (Å²) in [4.78, 5) is 50.5. The third kappa shape index (κ3) is 1.94. The summed E-state index contributed by atoms with van der Waals surface area (Å²) in [6.45, 7) is 0.0580. The first-order valence-corrected chi connectivity index (χ1v) is 7.72. The molecule has 0 spiro atoms. The number of amides is 2. The number of hydrogen-bond acceptors (Lipinski definition) is 4. The minimum atomic E-state index is -0.813. The summed E-state index contributed by atoms with van der Waals surface area (Å²) in [5.74, 6) is -2.01. The summed E-state index contributed by atoms with van der Waals surface area (Å²) in [7, 11) is 0. The Morgan fingerprint density at radius 1 is 0.667 bits per heavy atom. The zero-order chi connectivity index (χ0) is 16.8. The van der Waals surface area contributed by atoms with Crippen molar-refractivity contribution in [3.8, 4) is 0 Å². The van der Waals surface area contributed by atoms with Crippen molar-refractivity contribution >= 4 is 23.4 Å². The molecular formula is C19H13NO4. The molecule has 2 aromatic carbocycles. The predicted molar refractivity (Wildman–Crippen MR) is 85.0 cm³/mol. The van der Waals surface area contributed by atoms with Crippen LogP contribution >= 0.6 is 0 Å². The summed E-state index contributed by atoms with van der Waals surface area (Å²) in [6.07, 6.45) is 0.151. The van der Waals surface area contributed by atoms with Gasteiger partial charge in [-0.05, 0) is 18.6 Å². The van der Waals surface area contributed by atoms with Crippen LogP contribution in [0.5, 0.6) is 0 Å². The lowest BCUT2D eigenvalue weighted by Crippen LogP contribution is -2.33. The summed E-state index contributed by atoms with van der Waals surface area (Å²) in [6, 6.07) is 13.3. The van der Waals surface area contributed by atoms with Gasteiger partial charge in [0.25, 0.3) is 11.8 Å². The van der Waals surface area contributed by atoms with Crippen molar-refractivity contribution in [2.45, 2.75) is 6.42 Å². The molecule has 0 aromatic heterocycles. The van der Waals surface area contributed by atoms with Crippen LogP contribution in [0.15, 0.2) is 48.5 Å². The monoisotopic (exact) mass is 319 g/mol. The molecule has 118 valence electrons. The number of benzene rings is 2. The average molecular weight is 319 g/mol. The van der Waals surface area contributed by atoms with E-state index in [9.17, 15) is 19.2 Å². The Morgan fingerprint density at radius 2 is 1.08 bits per heavy atom. The fourth-order valence-electron chi connectivity index (χ4n) is 3.37. The Balaban J connectivity index is 1.53. The highest BCUT2D eigenvalue weighted by Crippen LogP contribution is 2.30. The second-order valence-corrected chi connectivity index (χ2v) is 5.92. The highest BCUT2D eigenvalue weighted by Gasteiger charge is 2.40. The minimum Gasteiger partial charge on any atom is -0.293 e. The van der Waals surface area contributed by atoms with E-state index in [1.54, 1.807) is 48.5 Å². The predicted octanol–water partition coefficient (Wildman–Crippen LogP) is 2.37. The standard InChI is InChI=1S/C19H13NO4/c21-16-11-5-1-2-6-12(11)17(22)15(16)9-10-20-18(23)13-7-3-4-8-14(13)19(20)24/h1-8,15H,9-10H2. The van der Waals surface area contributed by atoms with E-state index >= 15 is 0 Å². The lowest BCUT2D eigenvalue weighted by Gasteiger charge is -2.15. The Kier molecular flexibility index (Phi) is 3.16. The van der Waals surface area contributed by atoms with E-state index in [0.29, 0.717) is 22.3 Å². The lowest BCUT2D eigenvalue weighted by atomic mass is 9.99. The number of carbonyl (C=O) groups excluding carboxylic acids is 4. The van der Waals surface area contributed by atoms with E-state index in [4.69, 9.17) is 0 Å². The third-order valence-electron chi connectivity index (χ3n) is 4.61. The summed E-state index contributed by atoms with van der Waals surface area (Å²) in [5.41, 5.74) is 1.59. The Morgan fingerprint density at radius 3 is 1.54 bits per heavy atom. The molecule has 24 heavy (non-hydrogen) atoms. The molecule has 0 atom stereocenters. The Labute approximate surface area is 137 Å². The molecule has 0 radical (unpaired) electrons. The molecule has 5 nitrogen and oxygen atoms in total. The smallest absolute Gasteiger partial charge is 0.261 e. The average Bonchev–Trinajstić information content (AvgIpc) is 3.00. The van der Waals surface area contributed by atoms with Gasteiger partial charge in [0, 0.05) is 17.7 Å². The normalized spacial score (nSPS) is 16.8. The number of ketones is 2. The van der Waals surface area contributed by atoms with Gasteiger partial charge >= 0.3 is 0 Å². The van der Waals surface area contributed by atoms with Crippen LogP contribution in [-0.2, 0) is 0 Å². The van der Waals surface area contributed by atoms with Gasteiger partial charge in [0.15, 0.2) is 11.6 Å². The fourth-order valence-corrected chi connectivity index (χ4v) is 3.37.